The number of amides is 3. The van der Waals surface area contributed by atoms with Crippen molar-refractivity contribution in [2.75, 3.05) is 4.90 Å². The fraction of sp³-hybridized carbons (Fsp3) is 0. The quantitative estimate of drug-likeness (QED) is 0.855. The number of urea groups is 1. The molecule has 0 heterocycles. The van der Waals surface area contributed by atoms with E-state index in [1.807, 2.05) is 0 Å². The molecule has 2 N–H and O–H groups in total. The van der Waals surface area contributed by atoms with E-state index < -0.39 is 17.8 Å². The number of anilines is 1. The van der Waals surface area contributed by atoms with Gasteiger partial charge < -0.3 is 5.73 Å². The highest BCUT2D eigenvalue weighted by Gasteiger charge is 2.27. The first kappa shape index (κ1) is 16.5. The molecule has 0 atom stereocenters. The Balaban J connectivity index is 2.55. The molecule has 0 radical (unpaired) electrons. The Kier molecular flexibility index (Phi) is 4.90. The van der Waals surface area contributed by atoms with Gasteiger partial charge in [0.1, 0.15) is 5.82 Å². The fourth-order valence-corrected chi connectivity index (χ4v) is 2.46. The molecule has 8 heteroatoms. The number of halogens is 4. The zero-order valence-corrected chi connectivity index (χ0v) is 13.1. The van der Waals surface area contributed by atoms with Gasteiger partial charge in [-0.25, -0.2) is 14.1 Å². The first-order chi connectivity index (χ1) is 10.3. The van der Waals surface area contributed by atoms with Crippen LogP contribution in [0.4, 0.5) is 14.9 Å². The number of imide groups is 1. The van der Waals surface area contributed by atoms with E-state index in [1.165, 1.54) is 30.3 Å². The first-order valence-corrected chi connectivity index (χ1v) is 6.99. The van der Waals surface area contributed by atoms with E-state index in [0.29, 0.717) is 4.90 Å². The van der Waals surface area contributed by atoms with Gasteiger partial charge in [0, 0.05) is 0 Å². The van der Waals surface area contributed by atoms with Gasteiger partial charge in [0.2, 0.25) is 0 Å². The molecule has 0 bridgehead atoms. The maximum absolute atomic E-state index is 13.6. The lowest BCUT2D eigenvalue weighted by Crippen LogP contribution is -2.41. The second-order valence-electron chi connectivity index (χ2n) is 4.17. The molecule has 0 aliphatic carbocycles. The molecule has 22 heavy (non-hydrogen) atoms. The predicted molar refractivity (Wildman–Crippen MR) is 84.3 cm³/mol. The lowest BCUT2D eigenvalue weighted by Gasteiger charge is -2.20. The highest BCUT2D eigenvalue weighted by molar-refractivity contribution is 6.41. The number of hydrogen-bond donors (Lipinski definition) is 1. The Hall–Kier alpha value is -1.82. The Labute approximate surface area is 140 Å². The molecule has 2 aromatic rings. The molecule has 0 aliphatic rings. The molecule has 2 rings (SSSR count). The summed E-state index contributed by atoms with van der Waals surface area (Å²) < 4.78 is 13.6. The van der Waals surface area contributed by atoms with Gasteiger partial charge in [0.25, 0.3) is 5.91 Å². The summed E-state index contributed by atoms with van der Waals surface area (Å²) in [6, 6.07) is 6.68. The van der Waals surface area contributed by atoms with Gasteiger partial charge in [0.05, 0.1) is 26.3 Å². The Morgan fingerprint density at radius 3 is 2.09 bits per heavy atom. The van der Waals surface area contributed by atoms with E-state index in [2.05, 4.69) is 0 Å². The van der Waals surface area contributed by atoms with Crippen molar-refractivity contribution in [1.82, 2.24) is 0 Å². The zero-order chi connectivity index (χ0) is 16.4. The Bertz CT molecular complexity index is 747. The van der Waals surface area contributed by atoms with Crippen LogP contribution in [0, 0.1) is 5.82 Å². The van der Waals surface area contributed by atoms with Gasteiger partial charge in [-0.2, -0.15) is 0 Å². The second-order valence-corrected chi connectivity index (χ2v) is 5.40. The van der Waals surface area contributed by atoms with Crippen LogP contribution in [0.15, 0.2) is 36.4 Å². The van der Waals surface area contributed by atoms with E-state index in [0.717, 1.165) is 6.07 Å². The van der Waals surface area contributed by atoms with Crippen molar-refractivity contribution in [1.29, 1.82) is 0 Å². The lowest BCUT2D eigenvalue weighted by atomic mass is 10.1. The minimum atomic E-state index is -1.11. The van der Waals surface area contributed by atoms with Crippen LogP contribution in [0.2, 0.25) is 15.1 Å². The van der Waals surface area contributed by atoms with Crippen LogP contribution in [0.25, 0.3) is 0 Å². The van der Waals surface area contributed by atoms with Crippen LogP contribution in [-0.2, 0) is 0 Å². The molecule has 0 fully saturated rings. The maximum atomic E-state index is 13.6. The highest BCUT2D eigenvalue weighted by Crippen LogP contribution is 2.29. The number of carbonyl (C=O) groups is 2. The van der Waals surface area contributed by atoms with Crippen LogP contribution < -0.4 is 10.6 Å². The van der Waals surface area contributed by atoms with Gasteiger partial charge in [-0.05, 0) is 30.3 Å². The summed E-state index contributed by atoms with van der Waals surface area (Å²) in [6.45, 7) is 0. The van der Waals surface area contributed by atoms with E-state index in [-0.39, 0.29) is 26.3 Å². The maximum Gasteiger partial charge on any atom is 0.326 e. The van der Waals surface area contributed by atoms with E-state index in [9.17, 15) is 14.0 Å². The van der Waals surface area contributed by atoms with Crippen LogP contribution >= 0.6 is 34.8 Å². The Morgan fingerprint density at radius 1 is 1.00 bits per heavy atom. The van der Waals surface area contributed by atoms with Crippen molar-refractivity contribution >= 4 is 52.4 Å². The number of primary amides is 1. The van der Waals surface area contributed by atoms with Crippen molar-refractivity contribution in [3.63, 3.8) is 0 Å². The number of carbonyl (C=O) groups excluding carboxylic acids is 2. The van der Waals surface area contributed by atoms with Crippen molar-refractivity contribution < 1.29 is 14.0 Å². The summed E-state index contributed by atoms with van der Waals surface area (Å²) >= 11 is 17.5. The second kappa shape index (κ2) is 6.52. The zero-order valence-electron chi connectivity index (χ0n) is 10.8. The third-order valence-corrected chi connectivity index (χ3v) is 3.70. The summed E-state index contributed by atoms with van der Waals surface area (Å²) in [4.78, 5) is 24.7. The first-order valence-electron chi connectivity index (χ1n) is 5.86. The summed E-state index contributed by atoms with van der Waals surface area (Å²) in [5.41, 5.74) is 5.02. The summed E-state index contributed by atoms with van der Waals surface area (Å²) in [7, 11) is 0. The largest absolute Gasteiger partial charge is 0.351 e. The molecule has 0 saturated carbocycles. The monoisotopic (exact) mass is 360 g/mol. The minimum absolute atomic E-state index is 0.0400. The van der Waals surface area contributed by atoms with Gasteiger partial charge in [-0.15, -0.1) is 0 Å². The molecular weight excluding hydrogens is 354 g/mol. The van der Waals surface area contributed by atoms with E-state index in [4.69, 9.17) is 40.5 Å². The predicted octanol–water partition coefficient (Wildman–Crippen LogP) is 4.51. The molecule has 2 aromatic carbocycles. The summed E-state index contributed by atoms with van der Waals surface area (Å²) in [5.74, 6) is -1.67. The number of nitrogens with zero attached hydrogens (tertiary/aromatic N) is 1. The molecule has 3 amide bonds. The van der Waals surface area contributed by atoms with Gasteiger partial charge >= 0.3 is 6.03 Å². The third-order valence-electron chi connectivity index (χ3n) is 2.76. The fourth-order valence-electron chi connectivity index (χ4n) is 1.78. The van der Waals surface area contributed by atoms with Crippen LogP contribution in [0.1, 0.15) is 10.4 Å². The molecule has 0 aromatic heterocycles. The molecule has 114 valence electrons. The smallest absolute Gasteiger partial charge is 0.326 e. The van der Waals surface area contributed by atoms with Gasteiger partial charge in [-0.1, -0.05) is 40.9 Å². The normalized spacial score (nSPS) is 10.4. The lowest BCUT2D eigenvalue weighted by molar-refractivity contribution is 0.0995. The molecular formula is C14H8Cl3FN2O2. The SMILES string of the molecule is NC(=O)N(C(=O)c1c(Cl)cccc1Cl)c1ccc(Cl)c(F)c1. The summed E-state index contributed by atoms with van der Waals surface area (Å²) in [6.07, 6.45) is 0. The average molecular weight is 362 g/mol. The number of rotatable bonds is 2. The average Bonchev–Trinajstić information content (AvgIpc) is 2.42. The van der Waals surface area contributed by atoms with Gasteiger partial charge in [0.15, 0.2) is 0 Å². The van der Waals surface area contributed by atoms with Crippen molar-refractivity contribution in [2.45, 2.75) is 0 Å². The van der Waals surface area contributed by atoms with Gasteiger partial charge in [-0.3, -0.25) is 4.79 Å². The van der Waals surface area contributed by atoms with Crippen molar-refractivity contribution in [3.8, 4) is 0 Å². The summed E-state index contributed by atoms with van der Waals surface area (Å²) in [5, 5.41) is -0.0761. The van der Waals surface area contributed by atoms with E-state index >= 15 is 0 Å². The third kappa shape index (κ3) is 3.16. The van der Waals surface area contributed by atoms with Crippen molar-refractivity contribution in [2.24, 2.45) is 5.73 Å². The van der Waals surface area contributed by atoms with E-state index in [1.54, 1.807) is 0 Å². The molecule has 0 spiro atoms. The molecule has 0 aliphatic heterocycles. The minimum Gasteiger partial charge on any atom is -0.351 e. The number of benzene rings is 2. The molecule has 0 unspecified atom stereocenters. The van der Waals surface area contributed by atoms with Crippen LogP contribution in [-0.4, -0.2) is 11.9 Å². The standard InChI is InChI=1S/C14H8Cl3FN2O2/c15-8-5-4-7(6-11(8)18)20(14(19)22)13(21)12-9(16)2-1-3-10(12)17/h1-6H,(H2,19,22). The van der Waals surface area contributed by atoms with Crippen LogP contribution in [0.5, 0.6) is 0 Å². The molecule has 4 nitrogen and oxygen atoms in total. The van der Waals surface area contributed by atoms with Crippen LogP contribution in [0.3, 0.4) is 0 Å². The number of hydrogen-bond acceptors (Lipinski definition) is 2. The Morgan fingerprint density at radius 2 is 1.59 bits per heavy atom. The topological polar surface area (TPSA) is 63.4 Å². The molecule has 0 saturated heterocycles. The number of nitrogens with two attached hydrogens (primary N) is 1. The van der Waals surface area contributed by atoms with Crippen molar-refractivity contribution in [3.05, 3.63) is 62.8 Å². The highest BCUT2D eigenvalue weighted by atomic mass is 35.5.